The number of benzene rings is 1. The molecule has 0 bridgehead atoms. The highest BCUT2D eigenvalue weighted by molar-refractivity contribution is 6.05. The van der Waals surface area contributed by atoms with E-state index in [0.717, 1.165) is 42.7 Å². The van der Waals surface area contributed by atoms with Crippen LogP contribution in [0.3, 0.4) is 0 Å². The first kappa shape index (κ1) is 15.0. The molecule has 2 aromatic rings. The molecular weight excluding hydrogens is 278 g/mol. The van der Waals surface area contributed by atoms with E-state index < -0.39 is 0 Å². The molecule has 1 aliphatic heterocycles. The van der Waals surface area contributed by atoms with E-state index in [1.165, 1.54) is 6.42 Å². The van der Waals surface area contributed by atoms with Gasteiger partial charge in [-0.25, -0.2) is 4.98 Å². The number of para-hydroxylation sites is 1. The van der Waals surface area contributed by atoms with E-state index in [-0.39, 0.29) is 11.9 Å². The molecule has 0 radical (unpaired) electrons. The predicted molar refractivity (Wildman–Crippen MR) is 86.0 cm³/mol. The van der Waals surface area contributed by atoms with Crippen LogP contribution in [0.15, 0.2) is 18.2 Å². The summed E-state index contributed by atoms with van der Waals surface area (Å²) in [6.07, 6.45) is 4.22. The van der Waals surface area contributed by atoms with Crippen molar-refractivity contribution in [2.24, 2.45) is 0 Å². The molecule has 0 aliphatic carbocycles. The van der Waals surface area contributed by atoms with Crippen LogP contribution in [-0.4, -0.2) is 47.1 Å². The van der Waals surface area contributed by atoms with Gasteiger partial charge in [-0.15, -0.1) is 0 Å². The van der Waals surface area contributed by atoms with Gasteiger partial charge in [0.1, 0.15) is 11.3 Å². The smallest absolute Gasteiger partial charge is 0.256 e. The molecule has 22 heavy (non-hydrogen) atoms. The Morgan fingerprint density at radius 3 is 3.14 bits per heavy atom. The van der Waals surface area contributed by atoms with Gasteiger partial charge in [0, 0.05) is 26.3 Å². The molecule has 0 unspecified atom stereocenters. The third-order valence-electron chi connectivity index (χ3n) is 4.40. The van der Waals surface area contributed by atoms with Gasteiger partial charge in [0.15, 0.2) is 0 Å². The van der Waals surface area contributed by atoms with E-state index in [4.69, 9.17) is 4.74 Å². The van der Waals surface area contributed by atoms with E-state index in [0.29, 0.717) is 12.2 Å². The van der Waals surface area contributed by atoms with E-state index >= 15 is 0 Å². The number of rotatable bonds is 4. The fourth-order valence-electron chi connectivity index (χ4n) is 3.30. The second kappa shape index (κ2) is 6.48. The zero-order valence-electron chi connectivity index (χ0n) is 13.3. The highest BCUT2D eigenvalue weighted by Crippen LogP contribution is 2.25. The average Bonchev–Trinajstić information content (AvgIpc) is 2.92. The molecule has 2 heterocycles. The standard InChI is InChI=1S/C17H23N3O2/c1-12-18-15-8-5-7-14(16(15)19-12)17(21)20-10-4-3-6-13(20)9-11-22-2/h5,7-8,13H,3-4,6,9-11H2,1-2H3,(H,18,19)/t13-/m1/s1. The number of carbonyl (C=O) groups excluding carboxylic acids is 1. The number of imidazole rings is 1. The Hall–Kier alpha value is -1.88. The second-order valence-corrected chi connectivity index (χ2v) is 5.95. The number of amides is 1. The molecule has 1 fully saturated rings. The summed E-state index contributed by atoms with van der Waals surface area (Å²) >= 11 is 0. The lowest BCUT2D eigenvalue weighted by Crippen LogP contribution is -2.44. The van der Waals surface area contributed by atoms with Crippen molar-refractivity contribution >= 4 is 16.9 Å². The molecule has 1 atom stereocenters. The molecule has 5 nitrogen and oxygen atoms in total. The normalized spacial score (nSPS) is 18.8. The Balaban J connectivity index is 1.90. The van der Waals surface area contributed by atoms with Crippen molar-refractivity contribution < 1.29 is 9.53 Å². The first-order valence-electron chi connectivity index (χ1n) is 7.96. The number of aromatic nitrogens is 2. The first-order chi connectivity index (χ1) is 10.7. The minimum atomic E-state index is 0.0953. The summed E-state index contributed by atoms with van der Waals surface area (Å²) in [6, 6.07) is 6.04. The molecule has 5 heteroatoms. The number of likely N-dealkylation sites (tertiary alicyclic amines) is 1. The Labute approximate surface area is 130 Å². The van der Waals surface area contributed by atoms with E-state index in [2.05, 4.69) is 9.97 Å². The maximum Gasteiger partial charge on any atom is 0.256 e. The second-order valence-electron chi connectivity index (χ2n) is 5.95. The van der Waals surface area contributed by atoms with Gasteiger partial charge in [-0.1, -0.05) is 6.07 Å². The lowest BCUT2D eigenvalue weighted by molar-refractivity contribution is 0.0555. The number of hydrogen-bond acceptors (Lipinski definition) is 3. The number of hydrogen-bond donors (Lipinski definition) is 1. The number of fused-ring (bicyclic) bond motifs is 1. The third kappa shape index (κ3) is 2.86. The SMILES string of the molecule is COCC[C@H]1CCCCN1C(=O)c1cccc2[nH]c(C)nc12. The minimum absolute atomic E-state index is 0.0953. The van der Waals surface area contributed by atoms with Gasteiger partial charge in [-0.2, -0.15) is 0 Å². The van der Waals surface area contributed by atoms with Gasteiger partial charge in [0.25, 0.3) is 5.91 Å². The summed E-state index contributed by atoms with van der Waals surface area (Å²) < 4.78 is 5.20. The van der Waals surface area contributed by atoms with Crippen LogP contribution in [0, 0.1) is 6.92 Å². The molecule has 3 rings (SSSR count). The number of nitrogens with one attached hydrogen (secondary N) is 1. The first-order valence-corrected chi connectivity index (χ1v) is 7.96. The zero-order valence-corrected chi connectivity index (χ0v) is 13.3. The van der Waals surface area contributed by atoms with E-state index in [1.807, 2.05) is 30.0 Å². The maximum absolute atomic E-state index is 13.0. The molecule has 0 saturated carbocycles. The lowest BCUT2D eigenvalue weighted by Gasteiger charge is -2.36. The topological polar surface area (TPSA) is 58.2 Å². The Kier molecular flexibility index (Phi) is 4.43. The van der Waals surface area contributed by atoms with Gasteiger partial charge in [-0.05, 0) is 44.7 Å². The van der Waals surface area contributed by atoms with Crippen molar-refractivity contribution in [2.45, 2.75) is 38.6 Å². The van der Waals surface area contributed by atoms with Crippen LogP contribution in [0.4, 0.5) is 0 Å². The predicted octanol–water partition coefficient (Wildman–Crippen LogP) is 2.90. The van der Waals surface area contributed by atoms with Gasteiger partial charge in [-0.3, -0.25) is 4.79 Å². The van der Waals surface area contributed by atoms with Crippen molar-refractivity contribution in [1.29, 1.82) is 0 Å². The van der Waals surface area contributed by atoms with Crippen LogP contribution in [0.5, 0.6) is 0 Å². The largest absolute Gasteiger partial charge is 0.385 e. The van der Waals surface area contributed by atoms with Crippen LogP contribution >= 0.6 is 0 Å². The molecule has 118 valence electrons. The van der Waals surface area contributed by atoms with Crippen molar-refractivity contribution in [3.05, 3.63) is 29.6 Å². The Bertz CT molecular complexity index is 665. The zero-order chi connectivity index (χ0) is 15.5. The monoisotopic (exact) mass is 301 g/mol. The number of carbonyl (C=O) groups is 1. The van der Waals surface area contributed by atoms with Crippen LogP contribution in [-0.2, 0) is 4.74 Å². The van der Waals surface area contributed by atoms with Crippen LogP contribution < -0.4 is 0 Å². The molecule has 1 aliphatic rings. The van der Waals surface area contributed by atoms with Crippen molar-refractivity contribution in [3.63, 3.8) is 0 Å². The van der Waals surface area contributed by atoms with Gasteiger partial charge < -0.3 is 14.6 Å². The fraction of sp³-hybridized carbons (Fsp3) is 0.529. The quantitative estimate of drug-likeness (QED) is 0.944. The summed E-state index contributed by atoms with van der Waals surface area (Å²) in [4.78, 5) is 22.7. The maximum atomic E-state index is 13.0. The van der Waals surface area contributed by atoms with Gasteiger partial charge in [0.2, 0.25) is 0 Å². The Morgan fingerprint density at radius 2 is 2.32 bits per heavy atom. The average molecular weight is 301 g/mol. The highest BCUT2D eigenvalue weighted by Gasteiger charge is 2.28. The molecule has 1 aromatic carbocycles. The van der Waals surface area contributed by atoms with Crippen LogP contribution in [0.1, 0.15) is 41.9 Å². The summed E-state index contributed by atoms with van der Waals surface area (Å²) in [6.45, 7) is 3.43. The van der Waals surface area contributed by atoms with Crippen molar-refractivity contribution in [3.8, 4) is 0 Å². The fourth-order valence-corrected chi connectivity index (χ4v) is 3.30. The third-order valence-corrected chi connectivity index (χ3v) is 4.40. The van der Waals surface area contributed by atoms with Crippen LogP contribution in [0.25, 0.3) is 11.0 Å². The molecule has 1 saturated heterocycles. The number of aryl methyl sites for hydroxylation is 1. The number of aromatic amines is 1. The van der Waals surface area contributed by atoms with Crippen LogP contribution in [0.2, 0.25) is 0 Å². The molecule has 1 amide bonds. The van der Waals surface area contributed by atoms with Gasteiger partial charge in [0.05, 0.1) is 11.1 Å². The lowest BCUT2D eigenvalue weighted by atomic mass is 9.98. The Morgan fingerprint density at radius 1 is 1.45 bits per heavy atom. The number of nitrogens with zero attached hydrogens (tertiary/aromatic N) is 2. The van der Waals surface area contributed by atoms with Crippen molar-refractivity contribution in [2.75, 3.05) is 20.3 Å². The summed E-state index contributed by atoms with van der Waals surface area (Å²) in [5.41, 5.74) is 2.40. The minimum Gasteiger partial charge on any atom is -0.385 e. The number of piperidine rings is 1. The molecule has 0 spiro atoms. The van der Waals surface area contributed by atoms with E-state index in [1.54, 1.807) is 7.11 Å². The van der Waals surface area contributed by atoms with Gasteiger partial charge >= 0.3 is 0 Å². The number of methoxy groups -OCH3 is 1. The highest BCUT2D eigenvalue weighted by atomic mass is 16.5. The molecular formula is C17H23N3O2. The summed E-state index contributed by atoms with van der Waals surface area (Å²) in [5, 5.41) is 0. The number of ether oxygens (including phenoxy) is 1. The van der Waals surface area contributed by atoms with E-state index in [9.17, 15) is 4.79 Å². The summed E-state index contributed by atoms with van der Waals surface area (Å²) in [7, 11) is 1.71. The molecule has 1 aromatic heterocycles. The van der Waals surface area contributed by atoms with Crippen molar-refractivity contribution in [1.82, 2.24) is 14.9 Å². The summed E-state index contributed by atoms with van der Waals surface area (Å²) in [5.74, 6) is 0.933. The number of H-pyrrole nitrogens is 1. The molecule has 1 N–H and O–H groups in total.